The summed E-state index contributed by atoms with van der Waals surface area (Å²) in [5.41, 5.74) is -10.1. The van der Waals surface area contributed by atoms with Gasteiger partial charge in [-0.1, -0.05) is 0 Å². The lowest BCUT2D eigenvalue weighted by Crippen LogP contribution is -2.42. The van der Waals surface area contributed by atoms with Crippen LogP contribution in [0.3, 0.4) is 0 Å². The molecule has 0 bridgehead atoms. The van der Waals surface area contributed by atoms with Gasteiger partial charge in [-0.05, 0) is 19.1 Å². The van der Waals surface area contributed by atoms with Gasteiger partial charge in [0.15, 0.2) is 0 Å². The van der Waals surface area contributed by atoms with E-state index in [2.05, 4.69) is 0 Å². The number of dihydropyridines is 1. The van der Waals surface area contributed by atoms with Crippen molar-refractivity contribution in [3.8, 4) is 0 Å². The van der Waals surface area contributed by atoms with Crippen molar-refractivity contribution < 1.29 is 59.7 Å². The fourth-order valence-corrected chi connectivity index (χ4v) is 3.28. The Balaban J connectivity index is 3.00. The Morgan fingerprint density at radius 1 is 1.03 bits per heavy atom. The highest BCUT2D eigenvalue weighted by molar-refractivity contribution is 5.99. The molecule has 2 rings (SSSR count). The zero-order valence-corrected chi connectivity index (χ0v) is 16.0. The van der Waals surface area contributed by atoms with Gasteiger partial charge in [0.05, 0.1) is 28.9 Å². The highest BCUT2D eigenvalue weighted by Gasteiger charge is 2.46. The number of rotatable bonds is 5. The van der Waals surface area contributed by atoms with E-state index < -0.39 is 88.0 Å². The minimum Gasteiger partial charge on any atom is -0.545 e. The van der Waals surface area contributed by atoms with Crippen molar-refractivity contribution in [3.05, 3.63) is 51.6 Å². The van der Waals surface area contributed by atoms with E-state index in [0.717, 1.165) is 12.2 Å². The van der Waals surface area contributed by atoms with Gasteiger partial charge in [-0.25, -0.2) is 8.78 Å². The molecule has 1 aliphatic heterocycles. The molecule has 2 N–H and O–H groups in total. The highest BCUT2D eigenvalue weighted by Crippen LogP contribution is 2.47. The number of nitrogens with one attached hydrogen (secondary N) is 2. The Bertz CT molecular complexity index is 1090. The molecule has 0 saturated carbocycles. The molecule has 1 atom stereocenters. The summed E-state index contributed by atoms with van der Waals surface area (Å²) >= 11 is 0. The minimum atomic E-state index is -5.76. The second-order valence-electron chi connectivity index (χ2n) is 6.53. The van der Waals surface area contributed by atoms with Gasteiger partial charge in [0, 0.05) is 28.3 Å². The van der Waals surface area contributed by atoms with Gasteiger partial charge < -0.3 is 30.4 Å². The maximum Gasteiger partial charge on any atom is 0.471 e. The number of benzene rings is 1. The number of hydrogen-bond acceptors (Lipinski definition) is 6. The van der Waals surface area contributed by atoms with Crippen LogP contribution in [-0.2, 0) is 20.6 Å². The minimum absolute atomic E-state index is 0.111. The summed E-state index contributed by atoms with van der Waals surface area (Å²) in [5.74, 6) is -12.2. The van der Waals surface area contributed by atoms with Crippen molar-refractivity contribution in [1.82, 2.24) is 5.32 Å². The van der Waals surface area contributed by atoms with Gasteiger partial charge >= 0.3 is 18.3 Å². The molecule has 0 aromatic heterocycles. The molecule has 1 heterocycles. The molecule has 0 aliphatic carbocycles. The van der Waals surface area contributed by atoms with E-state index in [0.29, 0.717) is 0 Å². The number of carbonyl (C=O) groups is 3. The predicted molar refractivity (Wildman–Crippen MR) is 87.7 cm³/mol. The van der Waals surface area contributed by atoms with Crippen LogP contribution in [0, 0.1) is 5.82 Å². The molecular weight excluding hydrogens is 476 g/mol. The summed E-state index contributed by atoms with van der Waals surface area (Å²) in [4.78, 5) is 34.4. The third kappa shape index (κ3) is 4.90. The fourth-order valence-electron chi connectivity index (χ4n) is 3.28. The average Bonchev–Trinajstić information content (AvgIpc) is 2.65. The molecule has 1 aromatic carbocycles. The molecule has 7 nitrogen and oxygen atoms in total. The summed E-state index contributed by atoms with van der Waals surface area (Å²) in [6.45, 7) is -0.828. The third-order valence-corrected chi connectivity index (χ3v) is 4.49. The van der Waals surface area contributed by atoms with E-state index in [1.165, 1.54) is 0 Å². The molecule has 15 heteroatoms. The molecule has 0 radical (unpaired) electrons. The van der Waals surface area contributed by atoms with E-state index >= 15 is 0 Å². The first kappa shape index (κ1) is 25.6. The molecule has 0 saturated heterocycles. The molecule has 1 amide bonds. The molecule has 1 unspecified atom stereocenters. The predicted octanol–water partition coefficient (Wildman–Crippen LogP) is 1.03. The van der Waals surface area contributed by atoms with Gasteiger partial charge in [-0.2, -0.15) is 26.3 Å². The number of anilines is 1. The van der Waals surface area contributed by atoms with Crippen LogP contribution >= 0.6 is 0 Å². The van der Waals surface area contributed by atoms with Gasteiger partial charge in [0.2, 0.25) is 0 Å². The van der Waals surface area contributed by atoms with E-state index in [1.807, 2.05) is 5.32 Å². The largest absolute Gasteiger partial charge is 0.545 e. The van der Waals surface area contributed by atoms with Gasteiger partial charge in [-0.3, -0.25) is 4.79 Å². The first-order chi connectivity index (χ1) is 15.0. The SMILES string of the molecule is CC1=C(C(=O)[O-])C(c2c(F)ccc(NC(=O)C(F)(F)F)c2C(F)(F)F)C(C(=O)[O-])=C(CF)N1. The molecule has 33 heavy (non-hydrogen) atoms. The van der Waals surface area contributed by atoms with Crippen LogP contribution < -0.4 is 20.8 Å². The average molecular weight is 486 g/mol. The van der Waals surface area contributed by atoms with Crippen LogP contribution in [0.4, 0.5) is 40.8 Å². The van der Waals surface area contributed by atoms with Crippen molar-refractivity contribution in [2.45, 2.75) is 25.2 Å². The van der Waals surface area contributed by atoms with Crippen LogP contribution in [0.2, 0.25) is 0 Å². The molecule has 0 spiro atoms. The number of hydrogen-bond donors (Lipinski definition) is 2. The Morgan fingerprint density at radius 3 is 2.00 bits per heavy atom. The number of amides is 1. The second-order valence-corrected chi connectivity index (χ2v) is 6.53. The lowest BCUT2D eigenvalue weighted by atomic mass is 9.77. The maximum absolute atomic E-state index is 14.7. The van der Waals surface area contributed by atoms with Crippen LogP contribution in [-0.4, -0.2) is 30.7 Å². The van der Waals surface area contributed by atoms with Crippen molar-refractivity contribution in [3.63, 3.8) is 0 Å². The van der Waals surface area contributed by atoms with E-state index in [9.17, 15) is 59.7 Å². The first-order valence-electron chi connectivity index (χ1n) is 8.49. The molecule has 180 valence electrons. The summed E-state index contributed by atoms with van der Waals surface area (Å²) in [6, 6.07) is 0.253. The molecule has 0 fully saturated rings. The standard InChI is InChI=1S/C18H12F8N2O5/c1-5-9(14(29)30)12(11(15(31)32)8(4-19)27-5)10-6(20)2-3-7(13(10)17(21,22)23)28-16(33)18(24,25)26/h2-3,12,27H,4H2,1H3,(H,28,33)(H,29,30)(H,31,32)/p-2. The molecule has 1 aliphatic rings. The number of alkyl halides is 7. The number of carboxylic acid groups (broad SMARTS) is 2. The third-order valence-electron chi connectivity index (χ3n) is 4.49. The van der Waals surface area contributed by atoms with E-state index in [1.54, 1.807) is 0 Å². The van der Waals surface area contributed by atoms with Crippen LogP contribution in [0.5, 0.6) is 0 Å². The smallest absolute Gasteiger partial charge is 0.471 e. The van der Waals surface area contributed by atoms with Gasteiger partial charge in [0.25, 0.3) is 0 Å². The van der Waals surface area contributed by atoms with E-state index in [-0.39, 0.29) is 12.1 Å². The Labute approximate surface area is 178 Å². The van der Waals surface area contributed by atoms with Crippen LogP contribution in [0.15, 0.2) is 34.7 Å². The molecular formula is C18H10F8N2O5-2. The van der Waals surface area contributed by atoms with Gasteiger partial charge in [-0.15, -0.1) is 0 Å². The van der Waals surface area contributed by atoms with Gasteiger partial charge in [0.1, 0.15) is 12.5 Å². The number of allylic oxidation sites excluding steroid dienone is 2. The second kappa shape index (κ2) is 8.71. The quantitative estimate of drug-likeness (QED) is 0.600. The summed E-state index contributed by atoms with van der Waals surface area (Å²) in [5, 5.41) is 26.1. The lowest BCUT2D eigenvalue weighted by molar-refractivity contribution is -0.300. The molecule has 1 aromatic rings. The Kier molecular flexibility index (Phi) is 6.76. The number of carbonyl (C=O) groups excluding carboxylic acids is 3. The van der Waals surface area contributed by atoms with Crippen LogP contribution in [0.25, 0.3) is 0 Å². The van der Waals surface area contributed by atoms with Crippen molar-refractivity contribution in [1.29, 1.82) is 0 Å². The zero-order valence-electron chi connectivity index (χ0n) is 16.0. The number of halogens is 8. The van der Waals surface area contributed by atoms with Crippen LogP contribution in [0.1, 0.15) is 24.0 Å². The summed E-state index contributed by atoms with van der Waals surface area (Å²) in [7, 11) is 0. The highest BCUT2D eigenvalue weighted by atomic mass is 19.4. The number of aliphatic carboxylic acids is 2. The fraction of sp³-hybridized carbons (Fsp3) is 0.278. The Morgan fingerprint density at radius 2 is 1.58 bits per heavy atom. The lowest BCUT2D eigenvalue weighted by Gasteiger charge is -2.35. The first-order valence-corrected chi connectivity index (χ1v) is 8.49. The van der Waals surface area contributed by atoms with Crippen molar-refractivity contribution in [2.24, 2.45) is 0 Å². The monoisotopic (exact) mass is 486 g/mol. The summed E-state index contributed by atoms with van der Waals surface area (Å²) < 4.78 is 107. The van der Waals surface area contributed by atoms with Crippen molar-refractivity contribution >= 4 is 23.5 Å². The Hall–Kier alpha value is -3.65. The van der Waals surface area contributed by atoms with E-state index in [4.69, 9.17) is 0 Å². The number of carboxylic acids is 2. The maximum atomic E-state index is 14.7. The zero-order chi connectivity index (χ0) is 25.5. The summed E-state index contributed by atoms with van der Waals surface area (Å²) in [6.07, 6.45) is -11.4. The van der Waals surface area contributed by atoms with Crippen molar-refractivity contribution in [2.75, 3.05) is 12.0 Å². The normalized spacial score (nSPS) is 17.1. The topological polar surface area (TPSA) is 121 Å².